The second-order valence-corrected chi connectivity index (χ2v) is 7.33. The lowest BCUT2D eigenvalue weighted by atomic mass is 10.2. The number of anilines is 1. The molecule has 1 aliphatic heterocycles. The van der Waals surface area contributed by atoms with Crippen LogP contribution in [0.4, 0.5) is 5.82 Å². The summed E-state index contributed by atoms with van der Waals surface area (Å²) in [6.45, 7) is 3.13. The molecule has 0 radical (unpaired) electrons. The fourth-order valence-corrected chi connectivity index (χ4v) is 4.30. The maximum absolute atomic E-state index is 5.56. The first-order chi connectivity index (χ1) is 14.4. The molecule has 5 nitrogen and oxygen atoms in total. The number of rotatable bonds is 2. The zero-order valence-corrected chi connectivity index (χ0v) is 16.0. The predicted molar refractivity (Wildman–Crippen MR) is 117 cm³/mol. The van der Waals surface area contributed by atoms with E-state index in [1.807, 2.05) is 6.07 Å². The minimum Gasteiger partial charge on any atom is -0.378 e. The molecule has 5 aromatic rings. The molecule has 0 N–H and O–H groups in total. The van der Waals surface area contributed by atoms with Crippen LogP contribution in [0.3, 0.4) is 0 Å². The zero-order valence-electron chi connectivity index (χ0n) is 16.0. The Bertz CT molecular complexity index is 1300. The summed E-state index contributed by atoms with van der Waals surface area (Å²) in [7, 11) is 0. The molecule has 0 saturated carbocycles. The fourth-order valence-electron chi connectivity index (χ4n) is 4.30. The molecule has 3 heterocycles. The molecule has 1 fully saturated rings. The van der Waals surface area contributed by atoms with Crippen molar-refractivity contribution in [2.45, 2.75) is 0 Å². The summed E-state index contributed by atoms with van der Waals surface area (Å²) in [5, 5.41) is 3.51. The zero-order chi connectivity index (χ0) is 19.2. The van der Waals surface area contributed by atoms with Crippen molar-refractivity contribution in [2.75, 3.05) is 31.2 Å². The molecule has 0 aliphatic carbocycles. The summed E-state index contributed by atoms with van der Waals surface area (Å²) in [5.41, 5.74) is 3.20. The molecule has 2 aromatic heterocycles. The number of fused-ring (bicyclic) bond motifs is 4. The fraction of sp³-hybridized carbons (Fsp3) is 0.167. The van der Waals surface area contributed by atoms with Gasteiger partial charge >= 0.3 is 0 Å². The smallest absolute Gasteiger partial charge is 0.237 e. The van der Waals surface area contributed by atoms with Gasteiger partial charge in [-0.05, 0) is 24.3 Å². The number of para-hydroxylation sites is 3. The summed E-state index contributed by atoms with van der Waals surface area (Å²) in [6, 6.07) is 25.2. The Hall–Kier alpha value is -3.44. The molecule has 0 amide bonds. The van der Waals surface area contributed by atoms with E-state index in [9.17, 15) is 0 Å². The molecule has 1 aliphatic rings. The molecule has 3 aromatic carbocycles. The number of hydrogen-bond donors (Lipinski definition) is 0. The van der Waals surface area contributed by atoms with E-state index in [2.05, 4.69) is 76.2 Å². The van der Waals surface area contributed by atoms with Crippen LogP contribution in [0, 0.1) is 0 Å². The molecular weight excluding hydrogens is 360 g/mol. The quantitative estimate of drug-likeness (QED) is 0.450. The monoisotopic (exact) mass is 380 g/mol. The largest absolute Gasteiger partial charge is 0.378 e. The Morgan fingerprint density at radius 2 is 1.24 bits per heavy atom. The van der Waals surface area contributed by atoms with Crippen molar-refractivity contribution in [3.8, 4) is 5.95 Å². The van der Waals surface area contributed by atoms with Crippen molar-refractivity contribution in [1.29, 1.82) is 0 Å². The maximum atomic E-state index is 5.56. The number of hydrogen-bond acceptors (Lipinski definition) is 4. The maximum Gasteiger partial charge on any atom is 0.237 e. The number of morpholine rings is 1. The van der Waals surface area contributed by atoms with E-state index in [0.29, 0.717) is 5.95 Å². The van der Waals surface area contributed by atoms with Crippen LogP contribution >= 0.6 is 0 Å². The molecule has 142 valence electrons. The summed E-state index contributed by atoms with van der Waals surface area (Å²) in [4.78, 5) is 12.4. The minimum absolute atomic E-state index is 0.711. The lowest BCUT2D eigenvalue weighted by molar-refractivity contribution is 0.122. The van der Waals surface area contributed by atoms with E-state index in [1.54, 1.807) is 0 Å². The van der Waals surface area contributed by atoms with Gasteiger partial charge in [0.15, 0.2) is 0 Å². The SMILES string of the molecule is c1ccc2c(N3CCOCC3)nc(-n3c4ccccc4c4ccccc43)nc2c1. The Morgan fingerprint density at radius 1 is 0.655 bits per heavy atom. The van der Waals surface area contributed by atoms with Crippen LogP contribution in [0.1, 0.15) is 0 Å². The Kier molecular flexibility index (Phi) is 3.74. The second kappa shape index (κ2) is 6.57. The first kappa shape index (κ1) is 16.5. The van der Waals surface area contributed by atoms with Gasteiger partial charge in [0.1, 0.15) is 5.82 Å². The molecule has 5 heteroatoms. The Morgan fingerprint density at radius 3 is 1.93 bits per heavy atom. The van der Waals surface area contributed by atoms with Crippen molar-refractivity contribution < 1.29 is 4.74 Å². The molecule has 29 heavy (non-hydrogen) atoms. The summed E-state index contributed by atoms with van der Waals surface area (Å²) < 4.78 is 7.74. The first-order valence-electron chi connectivity index (χ1n) is 9.98. The molecule has 6 rings (SSSR count). The molecular formula is C24H20N4O. The van der Waals surface area contributed by atoms with E-state index in [0.717, 1.165) is 54.1 Å². The van der Waals surface area contributed by atoms with Gasteiger partial charge in [-0.3, -0.25) is 4.57 Å². The van der Waals surface area contributed by atoms with E-state index < -0.39 is 0 Å². The normalized spacial score (nSPS) is 14.8. The third-order valence-electron chi connectivity index (χ3n) is 5.66. The highest BCUT2D eigenvalue weighted by Crippen LogP contribution is 2.32. The minimum atomic E-state index is 0.711. The number of nitrogens with zero attached hydrogens (tertiary/aromatic N) is 4. The van der Waals surface area contributed by atoms with Gasteiger partial charge < -0.3 is 9.64 Å². The predicted octanol–water partition coefficient (Wildman–Crippen LogP) is 4.56. The average molecular weight is 380 g/mol. The third kappa shape index (κ3) is 2.58. The van der Waals surface area contributed by atoms with Crippen LogP contribution < -0.4 is 4.90 Å². The van der Waals surface area contributed by atoms with Crippen LogP contribution in [-0.2, 0) is 4.74 Å². The standard InChI is InChI=1S/C24H20N4O/c1-4-10-20-19(9-1)23(27-13-15-29-16-14-27)26-24(25-20)28-21-11-5-2-7-17(21)18-8-3-6-12-22(18)28/h1-12H,13-16H2. The highest BCUT2D eigenvalue weighted by molar-refractivity contribution is 6.09. The van der Waals surface area contributed by atoms with Crippen LogP contribution in [0.15, 0.2) is 72.8 Å². The van der Waals surface area contributed by atoms with Gasteiger partial charge in [0.2, 0.25) is 5.95 Å². The van der Waals surface area contributed by atoms with Crippen LogP contribution in [0.5, 0.6) is 0 Å². The van der Waals surface area contributed by atoms with Crippen molar-refractivity contribution in [2.24, 2.45) is 0 Å². The van der Waals surface area contributed by atoms with Gasteiger partial charge in [0.25, 0.3) is 0 Å². The molecule has 1 saturated heterocycles. The number of benzene rings is 3. The second-order valence-electron chi connectivity index (χ2n) is 7.33. The number of aromatic nitrogens is 3. The van der Waals surface area contributed by atoms with Gasteiger partial charge in [0, 0.05) is 29.2 Å². The van der Waals surface area contributed by atoms with E-state index in [4.69, 9.17) is 14.7 Å². The molecule has 0 spiro atoms. The first-order valence-corrected chi connectivity index (χ1v) is 9.98. The summed E-state index contributed by atoms with van der Waals surface area (Å²) in [6.07, 6.45) is 0. The Labute approximate surface area is 168 Å². The average Bonchev–Trinajstić information content (AvgIpc) is 3.13. The van der Waals surface area contributed by atoms with E-state index in [1.165, 1.54) is 10.8 Å². The molecule has 0 atom stereocenters. The van der Waals surface area contributed by atoms with Gasteiger partial charge in [-0.2, -0.15) is 4.98 Å². The molecule has 0 unspecified atom stereocenters. The van der Waals surface area contributed by atoms with Gasteiger partial charge in [-0.1, -0.05) is 48.5 Å². The lowest BCUT2D eigenvalue weighted by Gasteiger charge is -2.29. The van der Waals surface area contributed by atoms with Gasteiger partial charge in [-0.15, -0.1) is 0 Å². The van der Waals surface area contributed by atoms with E-state index in [-0.39, 0.29) is 0 Å². The van der Waals surface area contributed by atoms with Crippen molar-refractivity contribution in [3.05, 3.63) is 72.8 Å². The third-order valence-corrected chi connectivity index (χ3v) is 5.66. The lowest BCUT2D eigenvalue weighted by Crippen LogP contribution is -2.37. The highest BCUT2D eigenvalue weighted by Gasteiger charge is 2.20. The highest BCUT2D eigenvalue weighted by atomic mass is 16.5. The summed E-state index contributed by atoms with van der Waals surface area (Å²) in [5.74, 6) is 1.69. The van der Waals surface area contributed by atoms with Crippen LogP contribution in [0.25, 0.3) is 38.7 Å². The van der Waals surface area contributed by atoms with Crippen molar-refractivity contribution in [3.63, 3.8) is 0 Å². The Balaban J connectivity index is 1.68. The van der Waals surface area contributed by atoms with Crippen LogP contribution in [-0.4, -0.2) is 40.8 Å². The summed E-state index contributed by atoms with van der Waals surface area (Å²) >= 11 is 0. The topological polar surface area (TPSA) is 43.2 Å². The van der Waals surface area contributed by atoms with Gasteiger partial charge in [-0.25, -0.2) is 4.98 Å². The van der Waals surface area contributed by atoms with Crippen LogP contribution in [0.2, 0.25) is 0 Å². The molecule has 0 bridgehead atoms. The van der Waals surface area contributed by atoms with Crippen molar-refractivity contribution >= 4 is 38.5 Å². The van der Waals surface area contributed by atoms with E-state index >= 15 is 0 Å². The van der Waals surface area contributed by atoms with Gasteiger partial charge in [0.05, 0.1) is 29.8 Å². The van der Waals surface area contributed by atoms with Crippen molar-refractivity contribution in [1.82, 2.24) is 14.5 Å². The number of ether oxygens (including phenoxy) is 1.